The highest BCUT2D eigenvalue weighted by atomic mass is 31.2. The van der Waals surface area contributed by atoms with Gasteiger partial charge >= 0.3 is 70.7 Å². The van der Waals surface area contributed by atoms with Gasteiger partial charge in [0, 0.05) is 89.3 Å². The van der Waals surface area contributed by atoms with Gasteiger partial charge < -0.3 is 83.1 Å². The lowest BCUT2D eigenvalue weighted by atomic mass is 10.2. The van der Waals surface area contributed by atoms with E-state index in [0.29, 0.717) is 18.9 Å². The third kappa shape index (κ3) is 29.9. The number of carbonyl (C=O) groups excluding carboxylic acids is 1. The van der Waals surface area contributed by atoms with Crippen molar-refractivity contribution in [3.63, 3.8) is 0 Å². The minimum atomic E-state index is -4.16. The smallest absolute Gasteiger partial charge is 0.447 e. The molecule has 0 bridgehead atoms. The quantitative estimate of drug-likeness (QED) is 0.0189. The van der Waals surface area contributed by atoms with Crippen LogP contribution in [-0.4, -0.2) is 373 Å². The number of likely N-dealkylation sites (N-methyl/N-ethyl adjacent to an activating group) is 1. The Kier molecular flexibility index (Phi) is 41.4. The molecule has 4 aromatic heterocycles. The number of nitrogens with two attached hydrogens (primary N) is 2. The fourth-order valence-electron chi connectivity index (χ4n) is 14.2. The average Bonchev–Trinajstić information content (AvgIpc) is 1.35. The molecular formula is C72H126N23O27P6+3. The van der Waals surface area contributed by atoms with Crippen LogP contribution in [0, 0.1) is 12.3 Å². The first-order chi connectivity index (χ1) is 60.9. The number of H-pyrrole nitrogens is 1. The van der Waals surface area contributed by atoms with E-state index in [4.69, 9.17) is 91.8 Å². The molecule has 0 radical (unpaired) electrons. The predicted octanol–water partition coefficient (Wildman–Crippen LogP) is 3.36. The average molecular weight is 1930 g/mol. The monoisotopic (exact) mass is 1930 g/mol. The number of aliphatic hydroxyl groups excluding tert-OH is 1. The Bertz CT molecular complexity index is 4760. The minimum absolute atomic E-state index is 0.0193. The number of aliphatic hydroxyl groups is 1. The van der Waals surface area contributed by atoms with Gasteiger partial charge in [0.2, 0.25) is 0 Å². The highest BCUT2D eigenvalue weighted by Crippen LogP contribution is 2.55. The molecule has 5 aliphatic heterocycles. The molecule has 5 saturated heterocycles. The molecule has 718 valence electrons. The topological polar surface area (TPSA) is 562 Å². The number of nitrogens with one attached hydrogen (secondary N) is 4. The lowest BCUT2D eigenvalue weighted by Gasteiger charge is -2.42. The van der Waals surface area contributed by atoms with Crippen LogP contribution in [0.1, 0.15) is 90.6 Å². The summed E-state index contributed by atoms with van der Waals surface area (Å²) in [5, 5.41) is 23.2. The molecule has 0 aromatic carbocycles. The summed E-state index contributed by atoms with van der Waals surface area (Å²) in [5.74, 6) is 0.300. The van der Waals surface area contributed by atoms with Gasteiger partial charge in [0.15, 0.2) is 18.3 Å². The van der Waals surface area contributed by atoms with Crippen molar-refractivity contribution in [1.29, 1.82) is 5.41 Å². The molecule has 5 fully saturated rings. The maximum Gasteiger partial charge on any atom is 0.616 e. The van der Waals surface area contributed by atoms with Crippen molar-refractivity contribution in [2.45, 2.75) is 135 Å². The van der Waals surface area contributed by atoms with Gasteiger partial charge in [-0.3, -0.25) is 46.6 Å². The number of anilines is 2. The minimum Gasteiger partial charge on any atom is -0.447 e. The molecule has 18 atom stereocenters. The maximum atomic E-state index is 15.3. The second-order valence-electron chi connectivity index (χ2n) is 31.3. The first-order valence-corrected chi connectivity index (χ1v) is 49.9. The summed E-state index contributed by atoms with van der Waals surface area (Å²) in [5.41, 5.74) is 9.49. The molecule has 18 unspecified atom stereocenters. The molecular weight excluding hydrogens is 1800 g/mol. The Morgan fingerprint density at radius 3 is 1.77 bits per heavy atom. The van der Waals surface area contributed by atoms with Crippen molar-refractivity contribution in [2.24, 2.45) is 4.99 Å². The summed E-state index contributed by atoms with van der Waals surface area (Å²) < 4.78 is 196. The molecule has 9 rings (SSSR count). The number of aromatic amines is 1. The number of aryl methyl sites for hydroxylation is 1. The summed E-state index contributed by atoms with van der Waals surface area (Å²) in [7, 11) is -8.94. The highest BCUT2D eigenvalue weighted by Gasteiger charge is 2.48. The molecule has 5 aliphatic rings. The van der Waals surface area contributed by atoms with Crippen molar-refractivity contribution in [3.05, 3.63) is 90.1 Å². The van der Waals surface area contributed by atoms with Gasteiger partial charge in [0.25, 0.3) is 5.56 Å². The molecule has 0 spiro atoms. The fourth-order valence-corrected chi connectivity index (χ4v) is 22.6. The molecule has 4 aromatic rings. The van der Waals surface area contributed by atoms with Crippen LogP contribution in [0.2, 0.25) is 0 Å². The zero-order valence-electron chi connectivity index (χ0n) is 74.8. The fraction of sp³-hybridized carbons (Fsp3) is 0.750. The number of ether oxygens (including phenoxy) is 9. The summed E-state index contributed by atoms with van der Waals surface area (Å²) >= 11 is 0. The van der Waals surface area contributed by atoms with E-state index in [2.05, 4.69) is 35.1 Å². The van der Waals surface area contributed by atoms with E-state index in [1.807, 2.05) is 18.9 Å². The zero-order valence-corrected chi connectivity index (χ0v) is 80.1. The highest BCUT2D eigenvalue weighted by molar-refractivity contribution is 7.54. The predicted molar refractivity (Wildman–Crippen MR) is 469 cm³/mol. The van der Waals surface area contributed by atoms with Crippen LogP contribution in [0.3, 0.4) is 0 Å². The van der Waals surface area contributed by atoms with Gasteiger partial charge in [0.1, 0.15) is 74.5 Å². The van der Waals surface area contributed by atoms with Gasteiger partial charge in [0.05, 0.1) is 128 Å². The van der Waals surface area contributed by atoms with Crippen molar-refractivity contribution < 1.29 is 107 Å². The standard InChI is InChI=1S/C72H123N23O27P6/c1-15-62(94-34-50(4)68(97)82-71(94)100)119-54(32-78-123(102)111-45-59-40-91(36-52(6)118-59)128(107,85(12)13)116-47-56-37-86(14)41-64(121-56)92-20-18-60(74)80-69(92)98)43-112-124(103)88-35-51(5)117-57(38-88)46-114-126(105,83(8)9)79-33-55(120-63(16-2)95-49-77-66(53(7)73)67(95)76-17-3)44-113-125(104)89-39-58(122-65(42-89)93-21-19-61(75)81-70(93)99)48-115-127(106,84(10)11)90-24-22-87(23-25-90)72(101)110-31-30-109-29-28-108-27-26-96/h17-21,34,49,51-52,54-59,62-65,73,96H,15-16,22-33,35-48H2,1-14H3,(H4-3,74,75,78,79,80,81,82,97,98,99,100,102,105)/p+3. The molecule has 50 nitrogen and oxygen atoms in total. The Balaban J connectivity index is 0.842. The summed E-state index contributed by atoms with van der Waals surface area (Å²) in [6, 6.07) is 2.88. The molecule has 56 heteroatoms. The van der Waals surface area contributed by atoms with Crippen LogP contribution in [0.15, 0.2) is 61.2 Å². The van der Waals surface area contributed by atoms with Gasteiger partial charge in [-0.1, -0.05) is 28.3 Å². The Morgan fingerprint density at radius 1 is 0.680 bits per heavy atom. The number of rotatable bonds is 51. The van der Waals surface area contributed by atoms with E-state index in [0.717, 1.165) is 4.57 Å². The van der Waals surface area contributed by atoms with Crippen molar-refractivity contribution >= 4 is 83.0 Å². The number of piperazine rings is 1. The van der Waals surface area contributed by atoms with Crippen LogP contribution < -0.4 is 44.3 Å². The molecule has 0 aliphatic carbocycles. The number of amides is 1. The number of aliphatic imine (C=N–C) groups is 1. The van der Waals surface area contributed by atoms with Crippen molar-refractivity contribution in [2.75, 3.05) is 232 Å². The normalized spacial score (nSPS) is 23.8. The van der Waals surface area contributed by atoms with E-state index in [1.165, 1.54) is 102 Å². The van der Waals surface area contributed by atoms with E-state index in [9.17, 15) is 46.8 Å². The van der Waals surface area contributed by atoms with Gasteiger partial charge in [-0.05, 0) is 123 Å². The summed E-state index contributed by atoms with van der Waals surface area (Å²) in [4.78, 5) is 87.5. The van der Waals surface area contributed by atoms with Gasteiger partial charge in [-0.15, -0.1) is 13.6 Å². The number of aromatic nitrogens is 8. The van der Waals surface area contributed by atoms with E-state index in [-0.39, 0.29) is 186 Å². The van der Waals surface area contributed by atoms with Crippen LogP contribution >= 0.6 is 47.5 Å². The lowest BCUT2D eigenvalue weighted by molar-refractivity contribution is -0.129. The molecule has 9 N–H and O–H groups in total. The number of morpholine rings is 4. The maximum absolute atomic E-state index is 15.3. The van der Waals surface area contributed by atoms with E-state index >= 15 is 4.57 Å². The number of nitrogens with zero attached hydrogens (tertiary/aromatic N) is 17. The first-order valence-electron chi connectivity index (χ1n) is 41.9. The second-order valence-corrected chi connectivity index (χ2v) is 42.6. The largest absolute Gasteiger partial charge is 0.616 e. The molecule has 1 amide bonds. The van der Waals surface area contributed by atoms with Crippen LogP contribution in [0.25, 0.3) is 0 Å². The second kappa shape index (κ2) is 50.3. The summed E-state index contributed by atoms with van der Waals surface area (Å²) in [6.07, 6.45) is -3.43. The van der Waals surface area contributed by atoms with Crippen LogP contribution in [0.5, 0.6) is 0 Å². The number of nitrogen functional groups attached to an aromatic ring is 2. The van der Waals surface area contributed by atoms with Gasteiger partial charge in [-0.2, -0.15) is 9.97 Å². The van der Waals surface area contributed by atoms with Gasteiger partial charge in [-0.25, -0.2) is 57.6 Å². The van der Waals surface area contributed by atoms with Crippen molar-refractivity contribution in [1.82, 2.24) is 90.9 Å². The third-order valence-electron chi connectivity index (χ3n) is 20.6. The first kappa shape index (κ1) is 106. The van der Waals surface area contributed by atoms with Crippen LogP contribution in [0.4, 0.5) is 22.2 Å². The van der Waals surface area contributed by atoms with Crippen LogP contribution in [-0.2, 0) is 97.2 Å². The Morgan fingerprint density at radius 2 is 1.20 bits per heavy atom. The lowest BCUT2D eigenvalue weighted by Crippen LogP contribution is -2.50. The van der Waals surface area contributed by atoms with Crippen molar-refractivity contribution in [3.8, 4) is 0 Å². The van der Waals surface area contributed by atoms with E-state index in [1.54, 1.807) is 76.7 Å². The summed E-state index contributed by atoms with van der Waals surface area (Å²) in [6.45, 7) is 11.1. The Hall–Kier alpha value is -6.15. The van der Waals surface area contributed by atoms with E-state index < -0.39 is 163 Å². The molecule has 0 saturated carbocycles. The third-order valence-corrected chi connectivity index (χ3v) is 31.0. The number of hydrogen-bond acceptors (Lipinski definition) is 35. The zero-order chi connectivity index (χ0) is 93.3. The number of carbonyl (C=O) groups is 1. The molecule has 9 heterocycles. The molecule has 128 heavy (non-hydrogen) atoms. The number of hydrogen-bond donors (Lipinski definition) is 7. The SMILES string of the molecule is CC=Nc1c(C(C)=N)ncn1C(CC)OC(CNP(=O)(OCC1CN([P+](=O)OCC(CN[P+](=O)OCC2CN(P(=O)(OCC3CN(C)CC(n4ccc(N)nc4=O)O3)N(C)C)CC(C)O2)OC(CC)n2cc(C)c(=O)[nH]c2=O)CC(C)O1)N(C)C)CO[P+](=O)N1CC(COP(=O)(N(C)C)N2CCN(C(=O)OCCOCCOCCO)CC2)OC(n2ccc(N)nc2=O)C1. The number of imidazole rings is 1. The Labute approximate surface area is 744 Å².